The van der Waals surface area contributed by atoms with Gasteiger partial charge in [-0.25, -0.2) is 0 Å². The summed E-state index contributed by atoms with van der Waals surface area (Å²) in [5.74, 6) is 0.810. The number of hydrogen-bond donors (Lipinski definition) is 2. The van der Waals surface area contributed by atoms with Gasteiger partial charge in [-0.3, -0.25) is 0 Å². The van der Waals surface area contributed by atoms with E-state index in [-0.39, 0.29) is 17.9 Å². The van der Waals surface area contributed by atoms with Crippen molar-refractivity contribution >= 4 is 11.8 Å². The summed E-state index contributed by atoms with van der Waals surface area (Å²) in [7, 11) is 1.64. The smallest absolute Gasteiger partial charge is 0.124 e. The monoisotopic (exact) mass is 241 g/mol. The molecule has 0 saturated heterocycles. The van der Waals surface area contributed by atoms with Gasteiger partial charge in [-0.05, 0) is 19.1 Å². The van der Waals surface area contributed by atoms with E-state index < -0.39 is 0 Å². The number of hydrogen-bond acceptors (Lipinski definition) is 4. The van der Waals surface area contributed by atoms with Crippen LogP contribution in [0.3, 0.4) is 0 Å². The lowest BCUT2D eigenvalue weighted by Gasteiger charge is -2.18. The van der Waals surface area contributed by atoms with Gasteiger partial charge < -0.3 is 15.6 Å². The minimum absolute atomic E-state index is 0.0791. The van der Waals surface area contributed by atoms with Gasteiger partial charge in [-0.1, -0.05) is 13.0 Å². The number of aliphatic hydroxyl groups excluding tert-OH is 1. The van der Waals surface area contributed by atoms with E-state index in [9.17, 15) is 0 Å². The molecule has 1 unspecified atom stereocenters. The number of rotatable bonds is 5. The molecule has 0 bridgehead atoms. The molecule has 2 atom stereocenters. The van der Waals surface area contributed by atoms with Crippen LogP contribution in [-0.2, 0) is 0 Å². The van der Waals surface area contributed by atoms with Crippen LogP contribution in [0.4, 0.5) is 0 Å². The predicted octanol–water partition coefficient (Wildman–Crippen LogP) is 2.19. The van der Waals surface area contributed by atoms with E-state index in [1.54, 1.807) is 18.9 Å². The molecule has 0 saturated carbocycles. The van der Waals surface area contributed by atoms with Gasteiger partial charge in [0, 0.05) is 21.8 Å². The highest BCUT2D eigenvalue weighted by atomic mass is 32.2. The zero-order chi connectivity index (χ0) is 12.1. The third kappa shape index (κ3) is 3.14. The number of ether oxygens (including phenoxy) is 1. The number of thioether (sulfide) groups is 1. The van der Waals surface area contributed by atoms with Crippen molar-refractivity contribution in [2.24, 2.45) is 5.73 Å². The Balaban J connectivity index is 3.07. The average molecular weight is 241 g/mol. The summed E-state index contributed by atoms with van der Waals surface area (Å²) < 4.78 is 5.31. The van der Waals surface area contributed by atoms with E-state index in [0.717, 1.165) is 16.2 Å². The summed E-state index contributed by atoms with van der Waals surface area (Å²) in [5, 5.41) is 9.23. The third-order valence-electron chi connectivity index (χ3n) is 2.29. The molecule has 1 aromatic carbocycles. The van der Waals surface area contributed by atoms with E-state index >= 15 is 0 Å². The Morgan fingerprint density at radius 2 is 2.12 bits per heavy atom. The van der Waals surface area contributed by atoms with Crippen molar-refractivity contribution < 1.29 is 9.84 Å². The first-order valence-corrected chi connectivity index (χ1v) is 6.18. The van der Waals surface area contributed by atoms with Crippen molar-refractivity contribution in [2.45, 2.75) is 30.0 Å². The topological polar surface area (TPSA) is 55.5 Å². The van der Waals surface area contributed by atoms with Crippen LogP contribution < -0.4 is 10.5 Å². The molecule has 0 amide bonds. The molecule has 1 rings (SSSR count). The van der Waals surface area contributed by atoms with Gasteiger partial charge in [0.05, 0.1) is 13.7 Å². The average Bonchev–Trinajstić information content (AvgIpc) is 2.28. The molecular weight excluding hydrogens is 222 g/mol. The molecule has 0 aliphatic heterocycles. The second kappa shape index (κ2) is 6.13. The molecule has 4 heteroatoms. The Morgan fingerprint density at radius 3 is 2.62 bits per heavy atom. The normalized spacial score (nSPS) is 14.6. The maximum Gasteiger partial charge on any atom is 0.124 e. The first kappa shape index (κ1) is 13.4. The minimum Gasteiger partial charge on any atom is -0.496 e. The Labute approximate surface area is 101 Å². The lowest BCUT2D eigenvalue weighted by molar-refractivity contribution is 0.300. The fraction of sp³-hybridized carbons (Fsp3) is 0.500. The predicted molar refractivity (Wildman–Crippen MR) is 68.0 cm³/mol. The summed E-state index contributed by atoms with van der Waals surface area (Å²) in [6.07, 6.45) is 0. The summed E-state index contributed by atoms with van der Waals surface area (Å²) in [6.45, 7) is 4.07. The molecule has 0 aliphatic rings. The van der Waals surface area contributed by atoms with Crippen molar-refractivity contribution in [1.29, 1.82) is 0 Å². The maximum absolute atomic E-state index is 9.07. The minimum atomic E-state index is -0.0791. The quantitative estimate of drug-likeness (QED) is 0.776. The van der Waals surface area contributed by atoms with Crippen molar-refractivity contribution in [3.63, 3.8) is 0 Å². The fourth-order valence-corrected chi connectivity index (χ4v) is 2.59. The summed E-state index contributed by atoms with van der Waals surface area (Å²) in [6, 6.07) is 5.78. The van der Waals surface area contributed by atoms with Crippen molar-refractivity contribution in [3.8, 4) is 5.75 Å². The van der Waals surface area contributed by atoms with Gasteiger partial charge in [0.2, 0.25) is 0 Å². The molecule has 90 valence electrons. The second-order valence-electron chi connectivity index (χ2n) is 3.77. The second-order valence-corrected chi connectivity index (χ2v) is 5.25. The van der Waals surface area contributed by atoms with Crippen molar-refractivity contribution in [3.05, 3.63) is 23.8 Å². The molecule has 0 fully saturated rings. The first-order chi connectivity index (χ1) is 7.60. The van der Waals surface area contributed by atoms with E-state index in [1.165, 1.54) is 0 Å². The fourth-order valence-electron chi connectivity index (χ4n) is 1.51. The molecule has 0 aliphatic carbocycles. The molecule has 0 spiro atoms. The van der Waals surface area contributed by atoms with E-state index in [0.29, 0.717) is 0 Å². The van der Waals surface area contributed by atoms with E-state index in [4.69, 9.17) is 15.6 Å². The molecule has 0 radical (unpaired) electrons. The molecular formula is C12H19NO2S. The Bertz CT molecular complexity index is 342. The zero-order valence-electron chi connectivity index (χ0n) is 9.93. The van der Waals surface area contributed by atoms with Gasteiger partial charge in [-0.2, -0.15) is 0 Å². The highest BCUT2D eigenvalue weighted by molar-refractivity contribution is 8.00. The van der Waals surface area contributed by atoms with Crippen LogP contribution in [0.1, 0.15) is 25.5 Å². The van der Waals surface area contributed by atoms with Crippen molar-refractivity contribution in [2.75, 3.05) is 13.7 Å². The largest absolute Gasteiger partial charge is 0.496 e. The van der Waals surface area contributed by atoms with Gasteiger partial charge in [0.1, 0.15) is 5.75 Å². The van der Waals surface area contributed by atoms with Gasteiger partial charge in [0.25, 0.3) is 0 Å². The van der Waals surface area contributed by atoms with Crippen molar-refractivity contribution in [1.82, 2.24) is 0 Å². The van der Waals surface area contributed by atoms with Gasteiger partial charge in [0.15, 0.2) is 0 Å². The maximum atomic E-state index is 9.07. The molecule has 3 nitrogen and oxygen atoms in total. The summed E-state index contributed by atoms with van der Waals surface area (Å²) >= 11 is 1.62. The zero-order valence-corrected chi connectivity index (χ0v) is 10.8. The Morgan fingerprint density at radius 1 is 1.44 bits per heavy atom. The van der Waals surface area contributed by atoms with Crippen LogP contribution in [0.15, 0.2) is 23.1 Å². The number of benzene rings is 1. The summed E-state index contributed by atoms with van der Waals surface area (Å²) in [4.78, 5) is 1.08. The number of aliphatic hydroxyl groups is 1. The molecule has 0 heterocycles. The van der Waals surface area contributed by atoms with Crippen LogP contribution >= 0.6 is 11.8 Å². The molecule has 3 N–H and O–H groups in total. The van der Waals surface area contributed by atoms with Crippen LogP contribution in [0.2, 0.25) is 0 Å². The molecule has 16 heavy (non-hydrogen) atoms. The highest BCUT2D eigenvalue weighted by Crippen LogP contribution is 2.35. The first-order valence-electron chi connectivity index (χ1n) is 5.30. The van der Waals surface area contributed by atoms with E-state index in [2.05, 4.69) is 0 Å². The Kier molecular flexibility index (Phi) is 5.12. The van der Waals surface area contributed by atoms with Gasteiger partial charge >= 0.3 is 0 Å². The standard InChI is InChI=1S/C12H19NO2S/c1-8(7-14)16-11-6-4-5-10(15-3)12(11)9(2)13/h4-6,8-9,14H,7,13H2,1-3H3/t8?,9-/m1/s1. The SMILES string of the molecule is COc1cccc(SC(C)CO)c1[C@@H](C)N. The number of methoxy groups -OCH3 is 1. The molecule has 1 aromatic rings. The van der Waals surface area contributed by atoms with E-state index in [1.807, 2.05) is 32.0 Å². The third-order valence-corrected chi connectivity index (χ3v) is 3.45. The summed E-state index contributed by atoms with van der Waals surface area (Å²) in [5.41, 5.74) is 6.96. The number of nitrogens with two attached hydrogens (primary N) is 1. The highest BCUT2D eigenvalue weighted by Gasteiger charge is 2.15. The van der Waals surface area contributed by atoms with Crippen LogP contribution in [0, 0.1) is 0 Å². The molecule has 0 aromatic heterocycles. The van der Waals surface area contributed by atoms with Crippen LogP contribution in [0.25, 0.3) is 0 Å². The lowest BCUT2D eigenvalue weighted by atomic mass is 10.1. The lowest BCUT2D eigenvalue weighted by Crippen LogP contribution is -2.10. The van der Waals surface area contributed by atoms with Crippen LogP contribution in [0.5, 0.6) is 5.75 Å². The van der Waals surface area contributed by atoms with Gasteiger partial charge in [-0.15, -0.1) is 11.8 Å². The van der Waals surface area contributed by atoms with Crippen LogP contribution in [-0.4, -0.2) is 24.1 Å². The Hall–Kier alpha value is -0.710.